The molecule has 1 aromatic carbocycles. The van der Waals surface area contributed by atoms with Crippen molar-refractivity contribution in [3.05, 3.63) is 68.0 Å². The van der Waals surface area contributed by atoms with Crippen molar-refractivity contribution in [1.29, 1.82) is 0 Å². The summed E-state index contributed by atoms with van der Waals surface area (Å²) >= 11 is 5.65. The maximum atomic E-state index is 12.3. The average molecular weight is 289 g/mol. The molecular weight excluding hydrogens is 280 g/mol. The van der Waals surface area contributed by atoms with Crippen LogP contribution < -0.4 is 11.1 Å². The molecule has 0 amide bonds. The van der Waals surface area contributed by atoms with Crippen LogP contribution in [0.4, 0.5) is 0 Å². The van der Waals surface area contributed by atoms with E-state index in [1.54, 1.807) is 36.4 Å². The van der Waals surface area contributed by atoms with Crippen molar-refractivity contribution in [3.8, 4) is 0 Å². The Morgan fingerprint density at radius 1 is 1.05 bits per heavy atom. The number of halogens is 1. The van der Waals surface area contributed by atoms with E-state index in [1.807, 2.05) is 0 Å². The molecule has 1 N–H and O–H groups in total. The standard InChI is InChI=1S/C13H9ClN4O2/c14-11-6-5-8(15-16-11)7-18-13(20)10-4-2-1-3-9(10)12(19)17-18/h1-6H,7H2,(H,17,19). The summed E-state index contributed by atoms with van der Waals surface area (Å²) in [6.45, 7) is 0.128. The predicted octanol–water partition coefficient (Wildman–Crippen LogP) is 1.18. The molecule has 0 atom stereocenters. The smallest absolute Gasteiger partial charge is 0.267 e. The van der Waals surface area contributed by atoms with Crippen LogP contribution in [0, 0.1) is 0 Å². The first kappa shape index (κ1) is 12.6. The van der Waals surface area contributed by atoms with Gasteiger partial charge in [-0.1, -0.05) is 23.7 Å². The van der Waals surface area contributed by atoms with Gasteiger partial charge in [0, 0.05) is 0 Å². The van der Waals surface area contributed by atoms with Gasteiger partial charge in [0.25, 0.3) is 11.1 Å². The number of aromatic amines is 1. The third-order valence-corrected chi connectivity index (χ3v) is 3.09. The highest BCUT2D eigenvalue weighted by atomic mass is 35.5. The van der Waals surface area contributed by atoms with Gasteiger partial charge in [-0.05, 0) is 24.3 Å². The molecule has 0 aliphatic carbocycles. The second-order valence-electron chi connectivity index (χ2n) is 4.23. The van der Waals surface area contributed by atoms with Crippen LogP contribution in [0.1, 0.15) is 5.69 Å². The van der Waals surface area contributed by atoms with Crippen molar-refractivity contribution in [3.63, 3.8) is 0 Å². The van der Waals surface area contributed by atoms with Gasteiger partial charge in [-0.2, -0.15) is 5.10 Å². The fourth-order valence-corrected chi connectivity index (χ4v) is 2.05. The summed E-state index contributed by atoms with van der Waals surface area (Å²) in [5.41, 5.74) is -0.0681. The van der Waals surface area contributed by atoms with E-state index in [2.05, 4.69) is 15.3 Å². The zero-order valence-corrected chi connectivity index (χ0v) is 11.0. The molecule has 3 rings (SSSR count). The highest BCUT2D eigenvalue weighted by molar-refractivity contribution is 6.29. The molecule has 0 spiro atoms. The van der Waals surface area contributed by atoms with Crippen molar-refractivity contribution in [2.45, 2.75) is 6.54 Å². The van der Waals surface area contributed by atoms with Crippen LogP contribution in [0.5, 0.6) is 0 Å². The average Bonchev–Trinajstić information content (AvgIpc) is 2.47. The molecule has 0 bridgehead atoms. The van der Waals surface area contributed by atoms with Gasteiger partial charge in [0.2, 0.25) is 0 Å². The number of nitrogens with one attached hydrogen (secondary N) is 1. The van der Waals surface area contributed by atoms with Gasteiger partial charge in [0.1, 0.15) is 0 Å². The Labute approximate surface area is 117 Å². The van der Waals surface area contributed by atoms with Gasteiger partial charge in [-0.25, -0.2) is 4.68 Å². The molecule has 2 heterocycles. The monoisotopic (exact) mass is 288 g/mol. The molecule has 0 saturated heterocycles. The van der Waals surface area contributed by atoms with Crippen LogP contribution in [0.3, 0.4) is 0 Å². The number of nitrogens with zero attached hydrogens (tertiary/aromatic N) is 3. The van der Waals surface area contributed by atoms with E-state index in [1.165, 1.54) is 4.68 Å². The number of benzene rings is 1. The molecule has 100 valence electrons. The Bertz CT molecular complexity index is 883. The Morgan fingerprint density at radius 2 is 1.80 bits per heavy atom. The molecule has 6 nitrogen and oxygen atoms in total. The van der Waals surface area contributed by atoms with Crippen LogP contribution in [0.15, 0.2) is 46.0 Å². The minimum atomic E-state index is -0.317. The summed E-state index contributed by atoms with van der Waals surface area (Å²) in [7, 11) is 0. The molecule has 0 fully saturated rings. The predicted molar refractivity (Wildman–Crippen MR) is 75.0 cm³/mol. The van der Waals surface area contributed by atoms with E-state index >= 15 is 0 Å². The minimum absolute atomic E-state index is 0.128. The van der Waals surface area contributed by atoms with Gasteiger partial charge in [-0.3, -0.25) is 14.7 Å². The minimum Gasteiger partial charge on any atom is -0.267 e. The molecule has 2 aromatic heterocycles. The van der Waals surface area contributed by atoms with Gasteiger partial charge in [0.15, 0.2) is 5.15 Å². The van der Waals surface area contributed by atoms with Crippen molar-refractivity contribution < 1.29 is 0 Å². The van der Waals surface area contributed by atoms with Crippen LogP contribution >= 0.6 is 11.6 Å². The Morgan fingerprint density at radius 3 is 2.50 bits per heavy atom. The lowest BCUT2D eigenvalue weighted by Crippen LogP contribution is -2.30. The fourth-order valence-electron chi connectivity index (χ4n) is 1.95. The number of aromatic nitrogens is 4. The van der Waals surface area contributed by atoms with E-state index in [0.29, 0.717) is 16.5 Å². The second-order valence-corrected chi connectivity index (χ2v) is 4.61. The Balaban J connectivity index is 2.13. The first-order valence-electron chi connectivity index (χ1n) is 5.85. The fraction of sp³-hybridized carbons (Fsp3) is 0.0769. The normalized spacial score (nSPS) is 10.8. The zero-order chi connectivity index (χ0) is 14.1. The third kappa shape index (κ3) is 2.21. The summed E-state index contributed by atoms with van der Waals surface area (Å²) in [4.78, 5) is 24.2. The van der Waals surface area contributed by atoms with Crippen molar-refractivity contribution in [2.24, 2.45) is 0 Å². The lowest BCUT2D eigenvalue weighted by molar-refractivity contribution is 0.619. The number of hydrogen-bond acceptors (Lipinski definition) is 4. The molecule has 3 aromatic rings. The highest BCUT2D eigenvalue weighted by Gasteiger charge is 2.07. The largest absolute Gasteiger partial charge is 0.273 e. The maximum Gasteiger partial charge on any atom is 0.273 e. The van der Waals surface area contributed by atoms with Crippen LogP contribution in [0.25, 0.3) is 10.8 Å². The van der Waals surface area contributed by atoms with E-state index in [9.17, 15) is 9.59 Å². The topological polar surface area (TPSA) is 80.6 Å². The van der Waals surface area contributed by atoms with Gasteiger partial charge in [-0.15, -0.1) is 5.10 Å². The van der Waals surface area contributed by atoms with E-state index in [0.717, 1.165) is 0 Å². The first-order chi connectivity index (χ1) is 9.65. The van der Waals surface area contributed by atoms with Crippen molar-refractivity contribution >= 4 is 22.4 Å². The molecule has 0 radical (unpaired) electrons. The molecule has 0 unspecified atom stereocenters. The van der Waals surface area contributed by atoms with Crippen LogP contribution in [0.2, 0.25) is 5.15 Å². The number of rotatable bonds is 2. The van der Waals surface area contributed by atoms with Gasteiger partial charge >= 0.3 is 0 Å². The molecule has 0 saturated carbocycles. The molecule has 20 heavy (non-hydrogen) atoms. The quantitative estimate of drug-likeness (QED) is 0.768. The second kappa shape index (κ2) is 4.90. The molecular formula is C13H9ClN4O2. The highest BCUT2D eigenvalue weighted by Crippen LogP contribution is 2.05. The summed E-state index contributed by atoms with van der Waals surface area (Å²) in [6, 6.07) is 9.89. The third-order valence-electron chi connectivity index (χ3n) is 2.89. The van der Waals surface area contributed by atoms with Crippen molar-refractivity contribution in [2.75, 3.05) is 0 Å². The summed E-state index contributed by atoms with van der Waals surface area (Å²) in [5, 5.41) is 11.1. The number of hydrogen-bond donors (Lipinski definition) is 1. The lowest BCUT2D eigenvalue weighted by atomic mass is 10.2. The van der Waals surface area contributed by atoms with Gasteiger partial charge in [0.05, 0.1) is 23.0 Å². The Kier molecular flexibility index (Phi) is 3.08. The number of H-pyrrole nitrogens is 1. The van der Waals surface area contributed by atoms with Gasteiger partial charge < -0.3 is 0 Å². The summed E-state index contributed by atoms with van der Waals surface area (Å²) in [6.07, 6.45) is 0. The first-order valence-corrected chi connectivity index (χ1v) is 6.23. The van der Waals surface area contributed by atoms with Crippen LogP contribution in [-0.4, -0.2) is 20.0 Å². The zero-order valence-electron chi connectivity index (χ0n) is 10.2. The molecule has 0 aliphatic heterocycles. The SMILES string of the molecule is O=c1[nH]n(Cc2ccc(Cl)nn2)c(=O)c2ccccc12. The maximum absolute atomic E-state index is 12.3. The lowest BCUT2D eigenvalue weighted by Gasteiger charge is -2.06. The van der Waals surface area contributed by atoms with E-state index in [4.69, 9.17) is 11.6 Å². The molecule has 7 heteroatoms. The number of fused-ring (bicyclic) bond motifs is 1. The van der Waals surface area contributed by atoms with E-state index < -0.39 is 0 Å². The summed E-state index contributed by atoms with van der Waals surface area (Å²) < 4.78 is 1.21. The van der Waals surface area contributed by atoms with Crippen LogP contribution in [-0.2, 0) is 6.54 Å². The molecule has 0 aliphatic rings. The van der Waals surface area contributed by atoms with E-state index in [-0.39, 0.29) is 22.8 Å². The van der Waals surface area contributed by atoms with Crippen molar-refractivity contribution in [1.82, 2.24) is 20.0 Å². The Hall–Kier alpha value is -2.47. The summed E-state index contributed by atoms with van der Waals surface area (Å²) in [5.74, 6) is 0.